The molecule has 7 rings (SSSR count). The highest BCUT2D eigenvalue weighted by atomic mass is 79.9. The molecule has 7 aromatic rings. The van der Waals surface area contributed by atoms with Gasteiger partial charge < -0.3 is 0 Å². The average molecular weight is 663 g/mol. The first-order valence-corrected chi connectivity index (χ1v) is 13.5. The van der Waals surface area contributed by atoms with Gasteiger partial charge in [0.1, 0.15) is 33.1 Å². The lowest BCUT2D eigenvalue weighted by Crippen LogP contribution is -1.98. The molecule has 4 aromatic carbocycles. The maximum absolute atomic E-state index is 5.01. The molecule has 0 radical (unpaired) electrons. The molecule has 0 saturated carbocycles. The van der Waals surface area contributed by atoms with Crippen molar-refractivity contribution < 1.29 is 0 Å². The zero-order valence-corrected chi connectivity index (χ0v) is 23.2. The van der Waals surface area contributed by atoms with E-state index < -0.39 is 0 Å². The molecule has 0 fully saturated rings. The summed E-state index contributed by atoms with van der Waals surface area (Å²) in [5, 5.41) is 0. The molecule has 0 amide bonds. The third-order valence-electron chi connectivity index (χ3n) is 6.23. The van der Waals surface area contributed by atoms with Crippen LogP contribution in [0, 0.1) is 0 Å². The Morgan fingerprint density at radius 2 is 0.639 bits per heavy atom. The first kappa shape index (κ1) is 22.0. The van der Waals surface area contributed by atoms with E-state index in [0.717, 1.165) is 50.2 Å². The minimum Gasteiger partial charge on any atom is -0.285 e. The molecular weight excluding hydrogens is 648 g/mol. The summed E-state index contributed by atoms with van der Waals surface area (Å²) in [4.78, 5) is 15.0. The molecule has 174 valence electrons. The maximum atomic E-state index is 5.01. The van der Waals surface area contributed by atoms with Gasteiger partial charge in [-0.3, -0.25) is 13.7 Å². The van der Waals surface area contributed by atoms with E-state index >= 15 is 0 Å². The van der Waals surface area contributed by atoms with Gasteiger partial charge in [0.15, 0.2) is 14.2 Å². The Morgan fingerprint density at radius 3 is 0.889 bits per heavy atom. The van der Waals surface area contributed by atoms with Crippen LogP contribution in [0.5, 0.6) is 0 Å². The van der Waals surface area contributed by atoms with Crippen LogP contribution in [0.25, 0.3) is 50.2 Å². The SMILES string of the molecule is Brc1nc2c(c3nc(Br)n(-c4ccccc4)c3c3nc(Br)n(-c4ccccc4)c23)n1-c1ccccc1. The number of halogens is 3. The second kappa shape index (κ2) is 8.40. The van der Waals surface area contributed by atoms with Crippen LogP contribution in [-0.2, 0) is 0 Å². The Kier molecular flexibility index (Phi) is 5.13. The topological polar surface area (TPSA) is 53.5 Å². The van der Waals surface area contributed by atoms with Crippen LogP contribution in [0.1, 0.15) is 0 Å². The first-order chi connectivity index (χ1) is 17.6. The Labute approximate surface area is 230 Å². The second-order valence-electron chi connectivity index (χ2n) is 8.25. The van der Waals surface area contributed by atoms with Crippen molar-refractivity contribution in [2.45, 2.75) is 0 Å². The lowest BCUT2D eigenvalue weighted by atomic mass is 10.2. The summed E-state index contributed by atoms with van der Waals surface area (Å²) < 4.78 is 8.38. The minimum absolute atomic E-state index is 0.694. The minimum atomic E-state index is 0.694. The molecule has 3 aromatic heterocycles. The van der Waals surface area contributed by atoms with Crippen LogP contribution in [0.2, 0.25) is 0 Å². The summed E-state index contributed by atoms with van der Waals surface area (Å²) >= 11 is 11.2. The number of benzene rings is 4. The monoisotopic (exact) mass is 660 g/mol. The third kappa shape index (κ3) is 3.16. The zero-order chi connectivity index (χ0) is 24.4. The van der Waals surface area contributed by atoms with Gasteiger partial charge in [0, 0.05) is 17.1 Å². The van der Waals surface area contributed by atoms with Crippen LogP contribution in [0.3, 0.4) is 0 Å². The molecule has 0 saturated heterocycles. The maximum Gasteiger partial charge on any atom is 0.182 e. The van der Waals surface area contributed by atoms with E-state index in [4.69, 9.17) is 15.0 Å². The summed E-state index contributed by atoms with van der Waals surface area (Å²) in [5.41, 5.74) is 8.08. The number of imidazole rings is 3. The fourth-order valence-electron chi connectivity index (χ4n) is 4.77. The van der Waals surface area contributed by atoms with Crippen molar-refractivity contribution in [3.8, 4) is 17.1 Å². The van der Waals surface area contributed by atoms with Gasteiger partial charge in [0.25, 0.3) is 0 Å². The molecule has 0 aliphatic carbocycles. The van der Waals surface area contributed by atoms with E-state index in [1.165, 1.54) is 0 Å². The predicted molar refractivity (Wildman–Crippen MR) is 153 cm³/mol. The highest BCUT2D eigenvalue weighted by Crippen LogP contribution is 2.41. The fourth-order valence-corrected chi connectivity index (χ4v) is 6.45. The van der Waals surface area contributed by atoms with Crippen LogP contribution in [-0.4, -0.2) is 28.7 Å². The lowest BCUT2D eigenvalue weighted by Gasteiger charge is -2.10. The molecule has 0 spiro atoms. The second-order valence-corrected chi connectivity index (χ2v) is 10.4. The van der Waals surface area contributed by atoms with Crippen molar-refractivity contribution in [3.63, 3.8) is 0 Å². The predicted octanol–water partition coefficient (Wildman–Crippen LogP) is 7.99. The number of hydrogen-bond acceptors (Lipinski definition) is 3. The molecule has 0 unspecified atom stereocenters. The molecule has 0 atom stereocenters. The lowest BCUT2D eigenvalue weighted by molar-refractivity contribution is 1.04. The number of aromatic nitrogens is 6. The molecule has 0 aliphatic heterocycles. The number of rotatable bonds is 3. The van der Waals surface area contributed by atoms with Crippen molar-refractivity contribution in [1.82, 2.24) is 28.7 Å². The molecular formula is C27H15Br3N6. The average Bonchev–Trinajstić information content (AvgIpc) is 3.55. The molecule has 9 heteroatoms. The normalized spacial score (nSPS) is 11.8. The number of nitrogens with zero attached hydrogens (tertiary/aromatic N) is 6. The Hall–Kier alpha value is -3.27. The smallest absolute Gasteiger partial charge is 0.182 e. The Bertz CT molecular complexity index is 1650. The van der Waals surface area contributed by atoms with Gasteiger partial charge in [-0.25, -0.2) is 15.0 Å². The van der Waals surface area contributed by atoms with Crippen LogP contribution >= 0.6 is 47.8 Å². The first-order valence-electron chi connectivity index (χ1n) is 11.2. The highest BCUT2D eigenvalue weighted by molar-refractivity contribution is 9.10. The summed E-state index contributed by atoms with van der Waals surface area (Å²) in [6.45, 7) is 0. The van der Waals surface area contributed by atoms with Crippen molar-refractivity contribution >= 4 is 80.9 Å². The summed E-state index contributed by atoms with van der Waals surface area (Å²) in [6.07, 6.45) is 0. The van der Waals surface area contributed by atoms with E-state index in [1.54, 1.807) is 0 Å². The zero-order valence-electron chi connectivity index (χ0n) is 18.5. The van der Waals surface area contributed by atoms with Crippen LogP contribution in [0.4, 0.5) is 0 Å². The summed E-state index contributed by atoms with van der Waals surface area (Å²) in [7, 11) is 0. The fraction of sp³-hybridized carbons (Fsp3) is 0. The number of hydrogen-bond donors (Lipinski definition) is 0. The highest BCUT2D eigenvalue weighted by Gasteiger charge is 2.27. The van der Waals surface area contributed by atoms with E-state index in [0.29, 0.717) is 14.2 Å². The van der Waals surface area contributed by atoms with Crippen molar-refractivity contribution in [2.75, 3.05) is 0 Å². The summed E-state index contributed by atoms with van der Waals surface area (Å²) in [6, 6.07) is 30.5. The van der Waals surface area contributed by atoms with Gasteiger partial charge in [-0.1, -0.05) is 54.6 Å². The van der Waals surface area contributed by atoms with Gasteiger partial charge in [0.2, 0.25) is 0 Å². The molecule has 0 bridgehead atoms. The van der Waals surface area contributed by atoms with Gasteiger partial charge in [-0.05, 0) is 84.2 Å². The van der Waals surface area contributed by atoms with Gasteiger partial charge in [0.05, 0.1) is 0 Å². The van der Waals surface area contributed by atoms with Gasteiger partial charge in [-0.15, -0.1) is 0 Å². The van der Waals surface area contributed by atoms with Crippen molar-refractivity contribution in [3.05, 3.63) is 105 Å². The molecule has 0 aliphatic rings. The molecule has 6 nitrogen and oxygen atoms in total. The van der Waals surface area contributed by atoms with Gasteiger partial charge >= 0.3 is 0 Å². The number of para-hydroxylation sites is 3. The van der Waals surface area contributed by atoms with E-state index in [2.05, 4.69) is 97.9 Å². The summed E-state index contributed by atoms with van der Waals surface area (Å²) in [5.74, 6) is 0. The van der Waals surface area contributed by atoms with E-state index in [9.17, 15) is 0 Å². The van der Waals surface area contributed by atoms with E-state index in [-0.39, 0.29) is 0 Å². The molecule has 36 heavy (non-hydrogen) atoms. The largest absolute Gasteiger partial charge is 0.285 e. The van der Waals surface area contributed by atoms with Crippen molar-refractivity contribution in [1.29, 1.82) is 0 Å². The van der Waals surface area contributed by atoms with Crippen LogP contribution in [0.15, 0.2) is 105 Å². The Morgan fingerprint density at radius 1 is 0.389 bits per heavy atom. The standard InChI is InChI=1S/C27H15Br3N6/c28-25-31-19-22(34(25)16-10-4-1-5-11-16)20-24(36(26(29)32-20)18-14-8-3-9-15-18)21-23(19)35(27(30)33-21)17-12-6-2-7-13-17/h1-15H. The quantitative estimate of drug-likeness (QED) is 0.193. The van der Waals surface area contributed by atoms with Gasteiger partial charge in [-0.2, -0.15) is 0 Å². The molecule has 3 heterocycles. The number of fused-ring (bicyclic) bond motifs is 6. The van der Waals surface area contributed by atoms with Crippen molar-refractivity contribution in [2.24, 2.45) is 0 Å². The third-order valence-corrected chi connectivity index (χ3v) is 7.82. The molecule has 0 N–H and O–H groups in total. The van der Waals surface area contributed by atoms with Crippen LogP contribution < -0.4 is 0 Å². The van der Waals surface area contributed by atoms with E-state index in [1.807, 2.05) is 54.6 Å². The Balaban J connectivity index is 1.75.